The summed E-state index contributed by atoms with van der Waals surface area (Å²) >= 11 is 0. The van der Waals surface area contributed by atoms with Gasteiger partial charge in [0.25, 0.3) is 0 Å². The van der Waals surface area contributed by atoms with Gasteiger partial charge < -0.3 is 4.74 Å². The van der Waals surface area contributed by atoms with E-state index in [0.717, 1.165) is 5.56 Å². The first-order chi connectivity index (χ1) is 9.90. The van der Waals surface area contributed by atoms with Crippen molar-refractivity contribution in [2.75, 3.05) is 0 Å². The van der Waals surface area contributed by atoms with Gasteiger partial charge in [0.1, 0.15) is 5.60 Å². The quantitative estimate of drug-likeness (QED) is 0.858. The number of esters is 1. The fourth-order valence-electron chi connectivity index (χ4n) is 1.68. The third kappa shape index (κ3) is 5.89. The van der Waals surface area contributed by atoms with Crippen molar-refractivity contribution in [2.24, 2.45) is 0 Å². The van der Waals surface area contributed by atoms with Crippen molar-refractivity contribution in [3.8, 4) is 0 Å². The van der Waals surface area contributed by atoms with Crippen molar-refractivity contribution >= 4 is 17.0 Å². The smallest absolute Gasteiger partial charge is 0.338 e. The van der Waals surface area contributed by atoms with E-state index in [0.29, 0.717) is 5.56 Å². The summed E-state index contributed by atoms with van der Waals surface area (Å²) in [6, 6.07) is 7.11. The number of benzene rings is 1. The molecule has 1 aromatic rings. The minimum atomic E-state index is -1.17. The van der Waals surface area contributed by atoms with Crippen LogP contribution in [-0.2, 0) is 15.7 Å². The zero-order chi connectivity index (χ0) is 17.1. The molecule has 22 heavy (non-hydrogen) atoms. The molecule has 1 rings (SSSR count). The number of hydrogen-bond donors (Lipinski definition) is 1. The fourth-order valence-corrected chi connectivity index (χ4v) is 2.49. The summed E-state index contributed by atoms with van der Waals surface area (Å²) in [6.07, 6.45) is 0. The Labute approximate surface area is 136 Å². The lowest BCUT2D eigenvalue weighted by molar-refractivity contribution is 0.00694. The van der Waals surface area contributed by atoms with Crippen molar-refractivity contribution in [1.82, 2.24) is 4.72 Å². The Morgan fingerprint density at radius 2 is 1.77 bits per heavy atom. The molecule has 4 nitrogen and oxygen atoms in total. The first-order valence-electron chi connectivity index (χ1n) is 7.41. The van der Waals surface area contributed by atoms with E-state index in [9.17, 15) is 9.00 Å². The molecule has 0 aliphatic heterocycles. The van der Waals surface area contributed by atoms with E-state index >= 15 is 0 Å². The van der Waals surface area contributed by atoms with E-state index in [4.69, 9.17) is 4.74 Å². The van der Waals surface area contributed by atoms with E-state index in [1.165, 1.54) is 0 Å². The molecule has 0 spiro atoms. The van der Waals surface area contributed by atoms with Crippen LogP contribution >= 0.6 is 0 Å². The number of nitrogens with one attached hydrogen (secondary N) is 1. The van der Waals surface area contributed by atoms with Crippen LogP contribution in [0.4, 0.5) is 0 Å². The largest absolute Gasteiger partial charge is 0.456 e. The molecule has 0 heterocycles. The molecule has 0 bridgehead atoms. The third-order valence-electron chi connectivity index (χ3n) is 2.86. The van der Waals surface area contributed by atoms with Gasteiger partial charge in [0.2, 0.25) is 0 Å². The number of carbonyl (C=O) groups is 1. The van der Waals surface area contributed by atoms with Crippen LogP contribution in [0.25, 0.3) is 0 Å². The lowest BCUT2D eigenvalue weighted by atomic mass is 10.1. The molecular weight excluding hydrogens is 298 g/mol. The molecule has 2 atom stereocenters. The maximum atomic E-state index is 12.2. The summed E-state index contributed by atoms with van der Waals surface area (Å²) in [7, 11) is -1.17. The molecule has 0 radical (unpaired) electrons. The number of carbonyl (C=O) groups excluding carboxylic acids is 1. The Morgan fingerprint density at radius 3 is 2.27 bits per heavy atom. The van der Waals surface area contributed by atoms with Crippen LogP contribution in [0.15, 0.2) is 24.3 Å². The summed E-state index contributed by atoms with van der Waals surface area (Å²) in [5, 5.41) is 0. The Hall–Kier alpha value is -1.20. The lowest BCUT2D eigenvalue weighted by Crippen LogP contribution is -2.34. The Morgan fingerprint density at radius 1 is 1.18 bits per heavy atom. The maximum Gasteiger partial charge on any atom is 0.338 e. The van der Waals surface area contributed by atoms with Crippen LogP contribution in [0.3, 0.4) is 0 Å². The number of hydrogen-bond acceptors (Lipinski definition) is 3. The van der Waals surface area contributed by atoms with Gasteiger partial charge in [-0.05, 0) is 66.2 Å². The minimum absolute atomic E-state index is 0.123. The zero-order valence-electron chi connectivity index (χ0n) is 14.5. The number of rotatable bonds is 4. The van der Waals surface area contributed by atoms with Gasteiger partial charge in [-0.25, -0.2) is 13.7 Å². The summed E-state index contributed by atoms with van der Waals surface area (Å²) < 4.78 is 20.3. The molecule has 0 amide bonds. The molecule has 1 N–H and O–H groups in total. The minimum Gasteiger partial charge on any atom is -0.456 e. The highest BCUT2D eigenvalue weighted by molar-refractivity contribution is 7.84. The van der Waals surface area contributed by atoms with E-state index in [1.54, 1.807) is 12.1 Å². The first kappa shape index (κ1) is 18.8. The Bertz CT molecular complexity index is 556. The standard InChI is InChI=1S/C17H27NO3S/c1-12(18-22(20)17(5,6)7)13-9-8-10-14(11-13)15(19)21-16(2,3)4/h8-12,18H,1-7H3/t12-,22?/m0/s1. The highest BCUT2D eigenvalue weighted by Crippen LogP contribution is 2.19. The third-order valence-corrected chi connectivity index (χ3v) is 4.54. The second-order valence-electron chi connectivity index (χ2n) is 7.35. The van der Waals surface area contributed by atoms with Crippen LogP contribution in [0, 0.1) is 0 Å². The molecule has 1 unspecified atom stereocenters. The van der Waals surface area contributed by atoms with Gasteiger partial charge in [-0.3, -0.25) is 0 Å². The lowest BCUT2D eigenvalue weighted by Gasteiger charge is -2.23. The molecule has 1 aromatic carbocycles. The normalized spacial score (nSPS) is 15.2. The van der Waals surface area contributed by atoms with Crippen LogP contribution in [0.5, 0.6) is 0 Å². The van der Waals surface area contributed by atoms with Gasteiger partial charge in [-0.2, -0.15) is 0 Å². The van der Waals surface area contributed by atoms with Gasteiger partial charge in [0.15, 0.2) is 0 Å². The molecule has 0 fully saturated rings. The first-order valence-corrected chi connectivity index (χ1v) is 8.56. The van der Waals surface area contributed by atoms with Gasteiger partial charge in [0.05, 0.1) is 21.3 Å². The fraction of sp³-hybridized carbons (Fsp3) is 0.588. The van der Waals surface area contributed by atoms with Crippen molar-refractivity contribution in [3.05, 3.63) is 35.4 Å². The van der Waals surface area contributed by atoms with Gasteiger partial charge in [-0.1, -0.05) is 12.1 Å². The molecule has 0 saturated carbocycles. The maximum absolute atomic E-state index is 12.2. The van der Waals surface area contributed by atoms with Crippen molar-refractivity contribution in [2.45, 2.75) is 64.9 Å². The second-order valence-corrected chi connectivity index (χ2v) is 9.35. The average molecular weight is 325 g/mol. The van der Waals surface area contributed by atoms with Crippen molar-refractivity contribution in [3.63, 3.8) is 0 Å². The van der Waals surface area contributed by atoms with Crippen LogP contribution in [0.1, 0.15) is 70.4 Å². The topological polar surface area (TPSA) is 55.4 Å². The molecule has 0 aliphatic rings. The van der Waals surface area contributed by atoms with Crippen LogP contribution in [-0.4, -0.2) is 20.5 Å². The monoisotopic (exact) mass is 325 g/mol. The Balaban J connectivity index is 2.88. The van der Waals surface area contributed by atoms with E-state index in [2.05, 4.69) is 4.72 Å². The summed E-state index contributed by atoms with van der Waals surface area (Å²) in [4.78, 5) is 12.1. The predicted molar refractivity (Wildman–Crippen MR) is 91.1 cm³/mol. The highest BCUT2D eigenvalue weighted by atomic mass is 32.2. The van der Waals surface area contributed by atoms with E-state index < -0.39 is 16.6 Å². The SMILES string of the molecule is C[C@H](NS(=O)C(C)(C)C)c1cccc(C(=O)OC(C)(C)C)c1. The summed E-state index contributed by atoms with van der Waals surface area (Å²) in [5.74, 6) is -0.349. The van der Waals surface area contributed by atoms with Crippen molar-refractivity contribution in [1.29, 1.82) is 0 Å². The van der Waals surface area contributed by atoms with E-state index in [-0.39, 0.29) is 16.8 Å². The van der Waals surface area contributed by atoms with Crippen LogP contribution < -0.4 is 4.72 Å². The van der Waals surface area contributed by atoms with E-state index in [1.807, 2.05) is 60.6 Å². The second kappa shape index (κ2) is 6.92. The van der Waals surface area contributed by atoms with Gasteiger partial charge in [0, 0.05) is 6.04 Å². The number of ether oxygens (including phenoxy) is 1. The average Bonchev–Trinajstić information content (AvgIpc) is 2.35. The summed E-state index contributed by atoms with van der Waals surface area (Å²) in [6.45, 7) is 13.2. The molecule has 5 heteroatoms. The predicted octanol–water partition coefficient (Wildman–Crippen LogP) is 3.75. The Kier molecular flexibility index (Phi) is 5.93. The molecular formula is C17H27NO3S. The van der Waals surface area contributed by atoms with Gasteiger partial charge >= 0.3 is 5.97 Å². The molecule has 124 valence electrons. The van der Waals surface area contributed by atoms with Crippen molar-refractivity contribution < 1.29 is 13.7 Å². The molecule has 0 saturated heterocycles. The van der Waals surface area contributed by atoms with Crippen LogP contribution in [0.2, 0.25) is 0 Å². The zero-order valence-corrected chi connectivity index (χ0v) is 15.3. The van der Waals surface area contributed by atoms with Gasteiger partial charge in [-0.15, -0.1) is 0 Å². The summed E-state index contributed by atoms with van der Waals surface area (Å²) in [5.41, 5.74) is 0.883. The molecule has 0 aromatic heterocycles. The highest BCUT2D eigenvalue weighted by Gasteiger charge is 2.22. The molecule has 0 aliphatic carbocycles.